The lowest BCUT2D eigenvalue weighted by Gasteiger charge is -2.30. The minimum absolute atomic E-state index is 0.0509. The van der Waals surface area contributed by atoms with E-state index in [0.717, 1.165) is 6.07 Å². The number of ketones is 1. The lowest BCUT2D eigenvalue weighted by molar-refractivity contribution is -0.119. The number of amides is 2. The van der Waals surface area contributed by atoms with Gasteiger partial charge in [-0.1, -0.05) is 5.92 Å². The Hall–Kier alpha value is -3.95. The van der Waals surface area contributed by atoms with Crippen LogP contribution in [0.15, 0.2) is 18.2 Å². The van der Waals surface area contributed by atoms with Gasteiger partial charge in [-0.25, -0.2) is 4.39 Å². The van der Waals surface area contributed by atoms with Crippen LogP contribution in [-0.2, 0) is 16.6 Å². The summed E-state index contributed by atoms with van der Waals surface area (Å²) >= 11 is 0. The molecule has 8 nitrogen and oxygen atoms in total. The molecular formula is C23H21FN4O4. The Morgan fingerprint density at radius 2 is 2.00 bits per heavy atom. The van der Waals surface area contributed by atoms with Gasteiger partial charge in [0, 0.05) is 24.3 Å². The summed E-state index contributed by atoms with van der Waals surface area (Å²) in [6.07, 6.45) is 5.47. The third-order valence-electron chi connectivity index (χ3n) is 5.52. The summed E-state index contributed by atoms with van der Waals surface area (Å²) in [6, 6.07) is 4.69. The number of carbonyl (C=O) groups excluding carboxylic acids is 3. The number of ether oxygens (including phenoxy) is 1. The summed E-state index contributed by atoms with van der Waals surface area (Å²) in [5.74, 6) is -0.524. The molecule has 0 aliphatic carbocycles. The molecule has 0 saturated carbocycles. The Bertz CT molecular complexity index is 1200. The van der Waals surface area contributed by atoms with E-state index < -0.39 is 29.5 Å². The Labute approximate surface area is 184 Å². The Morgan fingerprint density at radius 1 is 1.31 bits per heavy atom. The monoisotopic (exact) mass is 436 g/mol. The molecule has 32 heavy (non-hydrogen) atoms. The summed E-state index contributed by atoms with van der Waals surface area (Å²) < 4.78 is 20.1. The predicted molar refractivity (Wildman–Crippen MR) is 113 cm³/mol. The summed E-state index contributed by atoms with van der Waals surface area (Å²) in [5.41, 5.74) is 1.00. The summed E-state index contributed by atoms with van der Waals surface area (Å²) in [7, 11) is 1.59. The van der Waals surface area contributed by atoms with Crippen molar-refractivity contribution in [1.29, 1.82) is 5.26 Å². The fourth-order valence-corrected chi connectivity index (χ4v) is 3.58. The molecule has 1 aromatic heterocycles. The highest BCUT2D eigenvalue weighted by Crippen LogP contribution is 2.24. The van der Waals surface area contributed by atoms with Gasteiger partial charge in [0.25, 0.3) is 17.6 Å². The van der Waals surface area contributed by atoms with Gasteiger partial charge < -0.3 is 19.9 Å². The van der Waals surface area contributed by atoms with Gasteiger partial charge >= 0.3 is 0 Å². The van der Waals surface area contributed by atoms with E-state index in [-0.39, 0.29) is 28.4 Å². The fourth-order valence-electron chi connectivity index (χ4n) is 3.58. The Morgan fingerprint density at radius 3 is 2.56 bits per heavy atom. The molecule has 1 atom stereocenters. The van der Waals surface area contributed by atoms with E-state index in [1.54, 1.807) is 27.0 Å². The molecule has 3 rings (SSSR count). The summed E-state index contributed by atoms with van der Waals surface area (Å²) in [5, 5.41) is 14.1. The number of terminal acetylenes is 1. The average molecular weight is 436 g/mol. The molecule has 2 aromatic rings. The molecule has 0 spiro atoms. The van der Waals surface area contributed by atoms with E-state index in [2.05, 4.69) is 16.6 Å². The number of halogens is 1. The zero-order chi connectivity index (χ0) is 23.6. The molecule has 1 aromatic carbocycles. The van der Waals surface area contributed by atoms with E-state index in [4.69, 9.17) is 16.4 Å². The number of carbonyl (C=O) groups is 3. The van der Waals surface area contributed by atoms with Crippen molar-refractivity contribution < 1.29 is 23.5 Å². The quantitative estimate of drug-likeness (QED) is 0.408. The van der Waals surface area contributed by atoms with E-state index in [1.165, 1.54) is 16.7 Å². The molecule has 0 bridgehead atoms. The Balaban J connectivity index is 1.85. The number of nitriles is 1. The SMILES string of the molecule is C#CC(NC(=O)C(=O)c1c(C)c(C(=O)Nc2ccc(F)c(C#N)c2)n(C)c1C)C1COC1. The standard InChI is InChI=1S/C23H21FN4O4/c1-5-18(15-10-32-11-15)27-23(31)21(29)19-12(2)20(28(4)13(19)3)22(30)26-16-6-7-17(24)14(8-16)9-25/h1,6-8,15,18H,10-11H2,2-4H3,(H,26,30)(H,27,31). The minimum atomic E-state index is -0.860. The highest BCUT2D eigenvalue weighted by atomic mass is 19.1. The van der Waals surface area contributed by atoms with Crippen LogP contribution in [-0.4, -0.2) is 41.4 Å². The van der Waals surface area contributed by atoms with Gasteiger partial charge in [0.05, 0.1) is 30.4 Å². The zero-order valence-corrected chi connectivity index (χ0v) is 17.8. The molecule has 2 heterocycles. The average Bonchev–Trinajstić information content (AvgIpc) is 2.95. The highest BCUT2D eigenvalue weighted by molar-refractivity contribution is 6.43. The molecule has 1 saturated heterocycles. The zero-order valence-electron chi connectivity index (χ0n) is 17.8. The number of benzene rings is 1. The van der Waals surface area contributed by atoms with Gasteiger partial charge in [0.15, 0.2) is 0 Å². The smallest absolute Gasteiger partial charge is 0.293 e. The molecule has 1 aliphatic heterocycles. The van der Waals surface area contributed by atoms with Crippen molar-refractivity contribution in [3.8, 4) is 18.4 Å². The topological polar surface area (TPSA) is 113 Å². The maximum absolute atomic E-state index is 13.5. The molecule has 164 valence electrons. The third kappa shape index (κ3) is 4.11. The molecule has 2 amide bonds. The predicted octanol–water partition coefficient (Wildman–Crippen LogP) is 1.85. The number of hydrogen-bond acceptors (Lipinski definition) is 5. The first-order chi connectivity index (χ1) is 15.2. The number of aromatic nitrogens is 1. The van der Waals surface area contributed by atoms with Crippen molar-refractivity contribution in [3.05, 3.63) is 52.1 Å². The second-order valence-corrected chi connectivity index (χ2v) is 7.50. The maximum Gasteiger partial charge on any atom is 0.293 e. The van der Waals surface area contributed by atoms with Gasteiger partial charge in [0.1, 0.15) is 17.6 Å². The number of Topliss-reactive ketones (excluding diaryl/α,β-unsaturated/α-hetero) is 1. The maximum atomic E-state index is 13.5. The van der Waals surface area contributed by atoms with Crippen LogP contribution in [0.1, 0.15) is 37.7 Å². The number of nitrogens with zero attached hydrogens (tertiary/aromatic N) is 2. The molecule has 2 N–H and O–H groups in total. The molecule has 0 radical (unpaired) electrons. The van der Waals surface area contributed by atoms with Crippen molar-refractivity contribution >= 4 is 23.3 Å². The van der Waals surface area contributed by atoms with Crippen LogP contribution >= 0.6 is 0 Å². The lowest BCUT2D eigenvalue weighted by Crippen LogP contribution is -2.49. The molecular weight excluding hydrogens is 415 g/mol. The van der Waals surface area contributed by atoms with Gasteiger partial charge in [-0.05, 0) is 37.6 Å². The fraction of sp³-hybridized carbons (Fsp3) is 0.304. The first kappa shape index (κ1) is 22.7. The van der Waals surface area contributed by atoms with E-state index in [0.29, 0.717) is 24.5 Å². The van der Waals surface area contributed by atoms with E-state index >= 15 is 0 Å². The van der Waals surface area contributed by atoms with Crippen molar-refractivity contribution in [3.63, 3.8) is 0 Å². The molecule has 1 fully saturated rings. The summed E-state index contributed by atoms with van der Waals surface area (Å²) in [4.78, 5) is 38.4. The van der Waals surface area contributed by atoms with Crippen LogP contribution < -0.4 is 10.6 Å². The van der Waals surface area contributed by atoms with Crippen LogP contribution in [0.4, 0.5) is 10.1 Å². The molecule has 9 heteroatoms. The largest absolute Gasteiger partial charge is 0.380 e. The Kier molecular flexibility index (Phi) is 6.42. The second kappa shape index (κ2) is 9.04. The number of anilines is 1. The van der Waals surface area contributed by atoms with Gasteiger partial charge in [-0.2, -0.15) is 5.26 Å². The first-order valence-corrected chi connectivity index (χ1v) is 9.75. The molecule has 1 unspecified atom stereocenters. The van der Waals surface area contributed by atoms with Gasteiger partial charge in [0.2, 0.25) is 0 Å². The highest BCUT2D eigenvalue weighted by Gasteiger charge is 2.33. The van der Waals surface area contributed by atoms with Crippen molar-refractivity contribution in [2.24, 2.45) is 13.0 Å². The number of nitrogens with one attached hydrogen (secondary N) is 2. The van der Waals surface area contributed by atoms with Gasteiger partial charge in [-0.3, -0.25) is 14.4 Å². The minimum Gasteiger partial charge on any atom is -0.380 e. The van der Waals surface area contributed by atoms with E-state index in [1.807, 2.05) is 0 Å². The van der Waals surface area contributed by atoms with Crippen molar-refractivity contribution in [2.75, 3.05) is 18.5 Å². The summed E-state index contributed by atoms with van der Waals surface area (Å²) in [6.45, 7) is 4.00. The lowest BCUT2D eigenvalue weighted by atomic mass is 9.98. The van der Waals surface area contributed by atoms with Crippen molar-refractivity contribution in [2.45, 2.75) is 19.9 Å². The normalized spacial score (nSPS) is 13.9. The van der Waals surface area contributed by atoms with Crippen LogP contribution in [0.25, 0.3) is 0 Å². The van der Waals surface area contributed by atoms with E-state index in [9.17, 15) is 18.8 Å². The van der Waals surface area contributed by atoms with Crippen LogP contribution in [0.2, 0.25) is 0 Å². The van der Waals surface area contributed by atoms with Crippen molar-refractivity contribution in [1.82, 2.24) is 9.88 Å². The first-order valence-electron chi connectivity index (χ1n) is 9.75. The number of hydrogen-bond donors (Lipinski definition) is 2. The van der Waals surface area contributed by atoms with Gasteiger partial charge in [-0.15, -0.1) is 6.42 Å². The van der Waals surface area contributed by atoms with Crippen LogP contribution in [0.5, 0.6) is 0 Å². The van der Waals surface area contributed by atoms with Crippen LogP contribution in [0, 0.1) is 49.3 Å². The number of rotatable bonds is 6. The third-order valence-corrected chi connectivity index (χ3v) is 5.52. The molecule has 1 aliphatic rings. The second-order valence-electron chi connectivity index (χ2n) is 7.50. The van der Waals surface area contributed by atoms with Crippen LogP contribution in [0.3, 0.4) is 0 Å².